The van der Waals surface area contributed by atoms with Crippen LogP contribution in [0.2, 0.25) is 0 Å². The highest BCUT2D eigenvalue weighted by Crippen LogP contribution is 2.34. The molecule has 0 bridgehead atoms. The predicted molar refractivity (Wildman–Crippen MR) is 113 cm³/mol. The maximum Gasteiger partial charge on any atom is 0.216 e. The van der Waals surface area contributed by atoms with Crippen molar-refractivity contribution >= 4 is 34.4 Å². The number of hydrogen-bond donors (Lipinski definition) is 3. The topological polar surface area (TPSA) is 96.7 Å². The number of aromatic hydroxyl groups is 1. The Bertz CT molecular complexity index is 1050. The van der Waals surface area contributed by atoms with E-state index in [0.717, 1.165) is 11.3 Å². The smallest absolute Gasteiger partial charge is 0.216 e. The second kappa shape index (κ2) is 8.89. The number of hydrazone groups is 1. The van der Waals surface area contributed by atoms with E-state index in [-0.39, 0.29) is 5.75 Å². The summed E-state index contributed by atoms with van der Waals surface area (Å²) in [5, 5.41) is 21.1. The molecule has 0 radical (unpaired) electrons. The quantitative estimate of drug-likeness (QED) is 0.277. The molecular weight excluding hydrogens is 446 g/mol. The molecule has 0 atom stereocenters. The Balaban J connectivity index is 1.82. The zero-order chi connectivity index (χ0) is 20.1. The first-order chi connectivity index (χ1) is 13.5. The number of H-pyrrole nitrogens is 1. The van der Waals surface area contributed by atoms with Crippen LogP contribution in [0, 0.1) is 4.77 Å². The van der Waals surface area contributed by atoms with Crippen molar-refractivity contribution in [2.75, 3.05) is 19.3 Å². The molecule has 1 aromatic heterocycles. The summed E-state index contributed by atoms with van der Waals surface area (Å²) in [6.07, 6.45) is 1.57. The van der Waals surface area contributed by atoms with E-state index < -0.39 is 0 Å². The number of halogens is 1. The van der Waals surface area contributed by atoms with Crippen LogP contribution in [0.3, 0.4) is 0 Å². The molecule has 0 aliphatic heterocycles. The number of ether oxygens (including phenoxy) is 2. The second-order valence-corrected chi connectivity index (χ2v) is 6.80. The van der Waals surface area contributed by atoms with Crippen LogP contribution in [0.5, 0.6) is 17.2 Å². The lowest BCUT2D eigenvalue weighted by Gasteiger charge is -2.08. The van der Waals surface area contributed by atoms with Crippen molar-refractivity contribution < 1.29 is 14.6 Å². The average molecular weight is 464 g/mol. The van der Waals surface area contributed by atoms with Gasteiger partial charge in [-0.1, -0.05) is 0 Å². The van der Waals surface area contributed by atoms with Crippen molar-refractivity contribution in [3.8, 4) is 28.6 Å². The highest BCUT2D eigenvalue weighted by atomic mass is 79.9. The predicted octanol–water partition coefficient (Wildman–Crippen LogP) is 4.06. The molecule has 8 nitrogen and oxygen atoms in total. The van der Waals surface area contributed by atoms with Crippen molar-refractivity contribution in [2.24, 2.45) is 5.10 Å². The van der Waals surface area contributed by atoms with Gasteiger partial charge < -0.3 is 14.6 Å². The minimum absolute atomic E-state index is 0.0300. The first kappa shape index (κ1) is 19.9. The third-order valence-corrected chi connectivity index (χ3v) is 4.62. The van der Waals surface area contributed by atoms with Gasteiger partial charge >= 0.3 is 0 Å². The van der Waals surface area contributed by atoms with Crippen molar-refractivity contribution in [1.82, 2.24) is 14.9 Å². The molecule has 3 N–H and O–H groups in total. The van der Waals surface area contributed by atoms with Crippen LogP contribution < -0.4 is 15.0 Å². The number of methoxy groups -OCH3 is 1. The number of phenolic OH excluding ortho intramolecular Hbond substituents is 1. The number of aromatic amines is 1. The zero-order valence-electron chi connectivity index (χ0n) is 15.1. The summed E-state index contributed by atoms with van der Waals surface area (Å²) in [4.78, 5) is 0. The lowest BCUT2D eigenvalue weighted by atomic mass is 10.2. The average Bonchev–Trinajstić information content (AvgIpc) is 3.06. The third-order valence-electron chi connectivity index (χ3n) is 3.74. The molecule has 146 valence electrons. The van der Waals surface area contributed by atoms with Gasteiger partial charge in [0.05, 0.1) is 24.4 Å². The number of rotatable bonds is 7. The fourth-order valence-corrected chi connectivity index (χ4v) is 3.07. The SMILES string of the molecule is CCOc1ccc(-c2n[nH]c(=S)n2N/N=C/c2cc(Br)c(O)c(OC)c2)cc1. The van der Waals surface area contributed by atoms with Crippen LogP contribution in [0.1, 0.15) is 12.5 Å². The van der Waals surface area contributed by atoms with Gasteiger partial charge in [-0.15, -0.1) is 0 Å². The second-order valence-electron chi connectivity index (χ2n) is 5.56. The van der Waals surface area contributed by atoms with Gasteiger partial charge in [0.25, 0.3) is 0 Å². The van der Waals surface area contributed by atoms with Crippen molar-refractivity contribution in [3.05, 3.63) is 51.2 Å². The minimum Gasteiger partial charge on any atom is -0.503 e. The van der Waals surface area contributed by atoms with Gasteiger partial charge in [0, 0.05) is 5.56 Å². The molecule has 28 heavy (non-hydrogen) atoms. The number of nitrogens with zero attached hydrogens (tertiary/aromatic N) is 3. The fraction of sp³-hybridized carbons (Fsp3) is 0.167. The molecule has 10 heteroatoms. The Morgan fingerprint density at radius 2 is 2.11 bits per heavy atom. The van der Waals surface area contributed by atoms with Gasteiger partial charge in [-0.25, -0.2) is 10.6 Å². The fourth-order valence-electron chi connectivity index (χ4n) is 2.44. The summed E-state index contributed by atoms with van der Waals surface area (Å²) >= 11 is 8.55. The lowest BCUT2D eigenvalue weighted by Crippen LogP contribution is -2.10. The number of aromatic nitrogens is 3. The maximum atomic E-state index is 9.88. The Morgan fingerprint density at radius 3 is 2.79 bits per heavy atom. The standard InChI is InChI=1S/C18H18BrN5O3S/c1-3-27-13-6-4-12(5-7-13)17-21-22-18(28)24(17)23-20-10-11-8-14(19)16(25)15(9-11)26-2/h4-10,23,25H,3H2,1-2H3,(H,22,28)/b20-10+. The number of benzene rings is 2. The molecule has 3 rings (SSSR count). The van der Waals surface area contributed by atoms with Crippen LogP contribution in [0.4, 0.5) is 0 Å². The highest BCUT2D eigenvalue weighted by Gasteiger charge is 2.10. The summed E-state index contributed by atoms with van der Waals surface area (Å²) in [6.45, 7) is 2.54. The molecule has 0 fully saturated rings. The Kier molecular flexibility index (Phi) is 6.32. The van der Waals surface area contributed by atoms with Crippen molar-refractivity contribution in [1.29, 1.82) is 0 Å². The summed E-state index contributed by atoms with van der Waals surface area (Å²) in [5.74, 6) is 1.73. The van der Waals surface area contributed by atoms with Crippen LogP contribution in [-0.2, 0) is 0 Å². The van der Waals surface area contributed by atoms with E-state index >= 15 is 0 Å². The normalized spacial score (nSPS) is 11.0. The molecular formula is C18H18BrN5O3S. The largest absolute Gasteiger partial charge is 0.503 e. The molecule has 0 saturated heterocycles. The number of phenols is 1. The Morgan fingerprint density at radius 1 is 1.36 bits per heavy atom. The number of nitrogens with one attached hydrogen (secondary N) is 2. The summed E-state index contributed by atoms with van der Waals surface area (Å²) < 4.78 is 13.0. The summed E-state index contributed by atoms with van der Waals surface area (Å²) in [7, 11) is 1.48. The van der Waals surface area contributed by atoms with Gasteiger partial charge in [0.1, 0.15) is 5.75 Å². The molecule has 0 amide bonds. The number of hydrogen-bond acceptors (Lipinski definition) is 7. The molecule has 0 spiro atoms. The molecule has 0 aliphatic rings. The Hall–Kier alpha value is -2.85. The molecule has 1 heterocycles. The Labute approximate surface area is 174 Å². The summed E-state index contributed by atoms with van der Waals surface area (Å²) in [6, 6.07) is 10.9. The van der Waals surface area contributed by atoms with Gasteiger partial charge in [0.2, 0.25) is 4.77 Å². The van der Waals surface area contributed by atoms with Gasteiger partial charge in [-0.05, 0) is 77.0 Å². The van der Waals surface area contributed by atoms with Crippen molar-refractivity contribution in [3.63, 3.8) is 0 Å². The van der Waals surface area contributed by atoms with E-state index in [9.17, 15) is 5.11 Å². The highest BCUT2D eigenvalue weighted by molar-refractivity contribution is 9.10. The monoisotopic (exact) mass is 463 g/mol. The van der Waals surface area contributed by atoms with E-state index in [1.54, 1.807) is 23.0 Å². The molecule has 2 aromatic carbocycles. The van der Waals surface area contributed by atoms with Crippen LogP contribution >= 0.6 is 28.1 Å². The van der Waals surface area contributed by atoms with Crippen LogP contribution in [0.25, 0.3) is 11.4 Å². The van der Waals surface area contributed by atoms with Crippen LogP contribution in [-0.4, -0.2) is 39.9 Å². The van der Waals surface area contributed by atoms with E-state index in [4.69, 9.17) is 21.7 Å². The first-order valence-electron chi connectivity index (χ1n) is 8.29. The first-order valence-corrected chi connectivity index (χ1v) is 9.49. The van der Waals surface area contributed by atoms with E-state index in [1.807, 2.05) is 31.2 Å². The van der Waals surface area contributed by atoms with Crippen molar-refractivity contribution in [2.45, 2.75) is 6.92 Å². The van der Waals surface area contributed by atoms with Gasteiger partial charge in [-0.2, -0.15) is 14.9 Å². The third kappa shape index (κ3) is 4.34. The zero-order valence-corrected chi connectivity index (χ0v) is 17.5. The summed E-state index contributed by atoms with van der Waals surface area (Å²) in [5.41, 5.74) is 4.41. The molecule has 3 aromatic rings. The maximum absolute atomic E-state index is 9.88. The molecule has 0 aliphatic carbocycles. The van der Waals surface area contributed by atoms with Gasteiger partial charge in [-0.3, -0.25) is 0 Å². The molecule has 0 unspecified atom stereocenters. The molecule has 0 saturated carbocycles. The van der Waals surface area contributed by atoms with E-state index in [0.29, 0.717) is 33.0 Å². The minimum atomic E-state index is 0.0300. The van der Waals surface area contributed by atoms with E-state index in [1.165, 1.54) is 7.11 Å². The lowest BCUT2D eigenvalue weighted by molar-refractivity contribution is 0.340. The van der Waals surface area contributed by atoms with E-state index in [2.05, 4.69) is 36.8 Å². The van der Waals surface area contributed by atoms with Crippen LogP contribution in [0.15, 0.2) is 46.0 Å². The van der Waals surface area contributed by atoms with Gasteiger partial charge in [0.15, 0.2) is 17.3 Å².